The molecule has 0 saturated heterocycles. The summed E-state index contributed by atoms with van der Waals surface area (Å²) < 4.78 is 3.55. The monoisotopic (exact) mass is 274 g/mol. The highest BCUT2D eigenvalue weighted by molar-refractivity contribution is 7.18. The van der Waals surface area contributed by atoms with Crippen molar-refractivity contribution in [2.75, 3.05) is 0 Å². The smallest absolute Gasteiger partial charge is 0.156 e. The summed E-state index contributed by atoms with van der Waals surface area (Å²) in [5, 5.41) is 4.74. The van der Waals surface area contributed by atoms with E-state index in [0.717, 1.165) is 11.2 Å². The first-order chi connectivity index (χ1) is 9.93. The van der Waals surface area contributed by atoms with E-state index in [1.807, 2.05) is 6.07 Å². The molecule has 5 rings (SSSR count). The summed E-state index contributed by atoms with van der Waals surface area (Å²) in [6, 6.07) is 19.1. The van der Waals surface area contributed by atoms with E-state index >= 15 is 0 Å². The molecule has 94 valence electrons. The van der Waals surface area contributed by atoms with Crippen molar-refractivity contribution < 1.29 is 0 Å². The van der Waals surface area contributed by atoms with Crippen LogP contribution in [-0.4, -0.2) is 9.38 Å². The van der Waals surface area contributed by atoms with Gasteiger partial charge in [-0.15, -0.1) is 11.3 Å². The fourth-order valence-electron chi connectivity index (χ4n) is 3.01. The van der Waals surface area contributed by atoms with Gasteiger partial charge in [0, 0.05) is 10.8 Å². The lowest BCUT2D eigenvalue weighted by atomic mass is 10.1. The topological polar surface area (TPSA) is 17.3 Å². The van der Waals surface area contributed by atoms with Crippen LogP contribution >= 0.6 is 11.3 Å². The second-order valence-corrected chi connectivity index (χ2v) is 5.86. The normalized spacial score (nSPS) is 12.0. The molecule has 0 bridgehead atoms. The van der Waals surface area contributed by atoms with Gasteiger partial charge in [-0.25, -0.2) is 4.98 Å². The largest absolute Gasteiger partial charge is 0.291 e. The third-order valence-electron chi connectivity index (χ3n) is 3.86. The van der Waals surface area contributed by atoms with Crippen molar-refractivity contribution in [1.29, 1.82) is 0 Å². The third-order valence-corrected chi connectivity index (χ3v) is 4.77. The second-order valence-electron chi connectivity index (χ2n) is 4.94. The van der Waals surface area contributed by atoms with Crippen molar-refractivity contribution in [2.24, 2.45) is 0 Å². The molecule has 2 nitrogen and oxygen atoms in total. The van der Waals surface area contributed by atoms with Gasteiger partial charge in [-0.05, 0) is 29.6 Å². The number of benzene rings is 2. The zero-order valence-electron chi connectivity index (χ0n) is 10.6. The van der Waals surface area contributed by atoms with E-state index in [4.69, 9.17) is 4.98 Å². The summed E-state index contributed by atoms with van der Waals surface area (Å²) in [4.78, 5) is 4.84. The summed E-state index contributed by atoms with van der Waals surface area (Å²) >= 11 is 1.76. The maximum atomic E-state index is 4.84. The van der Waals surface area contributed by atoms with E-state index in [0.29, 0.717) is 0 Å². The number of nitrogens with zero attached hydrogens (tertiary/aromatic N) is 2. The molecule has 3 aromatic heterocycles. The van der Waals surface area contributed by atoms with Crippen LogP contribution in [-0.2, 0) is 0 Å². The molecular formula is C17H10N2S. The molecule has 5 aromatic rings. The van der Waals surface area contributed by atoms with Crippen LogP contribution in [0.15, 0.2) is 60.0 Å². The summed E-state index contributed by atoms with van der Waals surface area (Å²) in [6.07, 6.45) is 0. The number of para-hydroxylation sites is 3. The molecule has 0 atom stereocenters. The molecule has 0 radical (unpaired) electrons. The minimum atomic E-state index is 1.05. The summed E-state index contributed by atoms with van der Waals surface area (Å²) in [5.41, 5.74) is 4.52. The Bertz CT molecular complexity index is 1100. The number of aromatic nitrogens is 2. The van der Waals surface area contributed by atoms with Crippen LogP contribution in [0.2, 0.25) is 0 Å². The number of hydrogen-bond donors (Lipinski definition) is 0. The highest BCUT2D eigenvalue weighted by Crippen LogP contribution is 2.34. The van der Waals surface area contributed by atoms with Gasteiger partial charge >= 0.3 is 0 Å². The second kappa shape index (κ2) is 3.58. The quantitative estimate of drug-likeness (QED) is 0.394. The summed E-state index contributed by atoms with van der Waals surface area (Å²) in [6.45, 7) is 0. The van der Waals surface area contributed by atoms with Crippen LogP contribution in [0.4, 0.5) is 0 Å². The van der Waals surface area contributed by atoms with E-state index < -0.39 is 0 Å². The van der Waals surface area contributed by atoms with Crippen LogP contribution in [0.25, 0.3) is 37.7 Å². The lowest BCUT2D eigenvalue weighted by Crippen LogP contribution is -1.88. The van der Waals surface area contributed by atoms with Crippen molar-refractivity contribution in [3.8, 4) is 0 Å². The van der Waals surface area contributed by atoms with Gasteiger partial charge in [-0.2, -0.15) is 0 Å². The SMILES string of the molecule is c1ccc2c(c1)nc1c3sccc3c3ccccc3n21. The number of hydrogen-bond acceptors (Lipinski definition) is 2. The average molecular weight is 274 g/mol. The predicted octanol–water partition coefficient (Wildman–Crippen LogP) is 4.86. The molecule has 0 saturated carbocycles. The first kappa shape index (κ1) is 10.4. The Balaban J connectivity index is 2.27. The summed E-state index contributed by atoms with van der Waals surface area (Å²) in [5.74, 6) is 0. The van der Waals surface area contributed by atoms with Gasteiger partial charge in [0.15, 0.2) is 5.65 Å². The zero-order valence-corrected chi connectivity index (χ0v) is 11.4. The minimum absolute atomic E-state index is 1.05. The van der Waals surface area contributed by atoms with Gasteiger partial charge in [0.1, 0.15) is 0 Å². The van der Waals surface area contributed by atoms with Gasteiger partial charge in [-0.1, -0.05) is 30.3 Å². The Kier molecular flexibility index (Phi) is 1.86. The molecule has 0 N–H and O–H groups in total. The maximum absolute atomic E-state index is 4.84. The highest BCUT2D eigenvalue weighted by Gasteiger charge is 2.13. The fourth-order valence-corrected chi connectivity index (χ4v) is 3.90. The van der Waals surface area contributed by atoms with Gasteiger partial charge in [-0.3, -0.25) is 4.40 Å². The Morgan fingerprint density at radius 2 is 1.60 bits per heavy atom. The number of pyridine rings is 1. The van der Waals surface area contributed by atoms with Gasteiger partial charge in [0.05, 0.1) is 21.3 Å². The highest BCUT2D eigenvalue weighted by atomic mass is 32.1. The number of imidazole rings is 1. The van der Waals surface area contributed by atoms with Crippen molar-refractivity contribution in [2.45, 2.75) is 0 Å². The number of rotatable bonds is 0. The van der Waals surface area contributed by atoms with E-state index in [9.17, 15) is 0 Å². The average Bonchev–Trinajstić information content (AvgIpc) is 3.12. The summed E-state index contributed by atoms with van der Waals surface area (Å²) in [7, 11) is 0. The van der Waals surface area contributed by atoms with Crippen molar-refractivity contribution >= 4 is 49.0 Å². The first-order valence-corrected chi connectivity index (χ1v) is 7.46. The van der Waals surface area contributed by atoms with Gasteiger partial charge in [0.2, 0.25) is 0 Å². The Hall–Kier alpha value is -2.39. The van der Waals surface area contributed by atoms with Crippen LogP contribution in [0, 0.1) is 0 Å². The Morgan fingerprint density at radius 3 is 2.55 bits per heavy atom. The fraction of sp³-hybridized carbons (Fsp3) is 0. The molecule has 0 unspecified atom stereocenters. The molecule has 20 heavy (non-hydrogen) atoms. The molecule has 0 spiro atoms. The minimum Gasteiger partial charge on any atom is -0.291 e. The van der Waals surface area contributed by atoms with E-state index in [1.54, 1.807) is 11.3 Å². The van der Waals surface area contributed by atoms with Crippen molar-refractivity contribution in [3.05, 3.63) is 60.0 Å². The molecule has 0 amide bonds. The van der Waals surface area contributed by atoms with Crippen LogP contribution in [0.3, 0.4) is 0 Å². The van der Waals surface area contributed by atoms with E-state index in [1.165, 1.54) is 26.5 Å². The Labute approximate surface area is 118 Å². The first-order valence-electron chi connectivity index (χ1n) is 6.58. The predicted molar refractivity (Wildman–Crippen MR) is 85.6 cm³/mol. The molecule has 0 aliphatic carbocycles. The van der Waals surface area contributed by atoms with E-state index in [2.05, 4.69) is 58.3 Å². The standard InChI is InChI=1S/C17H10N2S/c1-3-7-14-11(5-1)12-9-10-20-16(12)17-18-13-6-2-4-8-15(13)19(14)17/h1-10H. The third kappa shape index (κ3) is 1.16. The van der Waals surface area contributed by atoms with Crippen LogP contribution in [0.1, 0.15) is 0 Å². The van der Waals surface area contributed by atoms with Crippen molar-refractivity contribution in [1.82, 2.24) is 9.38 Å². The molecule has 3 heterocycles. The van der Waals surface area contributed by atoms with E-state index in [-0.39, 0.29) is 0 Å². The lowest BCUT2D eigenvalue weighted by Gasteiger charge is -2.05. The Morgan fingerprint density at radius 1 is 0.800 bits per heavy atom. The molecule has 0 aliphatic heterocycles. The molecule has 0 fully saturated rings. The van der Waals surface area contributed by atoms with Crippen molar-refractivity contribution in [3.63, 3.8) is 0 Å². The molecular weight excluding hydrogens is 264 g/mol. The van der Waals surface area contributed by atoms with Crippen LogP contribution < -0.4 is 0 Å². The number of thiophene rings is 1. The van der Waals surface area contributed by atoms with Gasteiger partial charge in [0.25, 0.3) is 0 Å². The maximum Gasteiger partial charge on any atom is 0.156 e. The molecule has 3 heteroatoms. The molecule has 2 aromatic carbocycles. The van der Waals surface area contributed by atoms with Crippen LogP contribution in [0.5, 0.6) is 0 Å². The number of fused-ring (bicyclic) bond motifs is 8. The molecule has 0 aliphatic rings. The van der Waals surface area contributed by atoms with Gasteiger partial charge < -0.3 is 0 Å². The lowest BCUT2D eigenvalue weighted by molar-refractivity contribution is 1.32. The zero-order chi connectivity index (χ0) is 13.1.